The molecule has 0 aliphatic heterocycles. The summed E-state index contributed by atoms with van der Waals surface area (Å²) in [5.74, 6) is -0.115. The molecule has 3 aromatic carbocycles. The lowest BCUT2D eigenvalue weighted by Gasteiger charge is -2.14. The van der Waals surface area contributed by atoms with Crippen LogP contribution in [0.3, 0.4) is 0 Å². The van der Waals surface area contributed by atoms with Crippen LogP contribution in [0.15, 0.2) is 66.7 Å². The highest BCUT2D eigenvalue weighted by Gasteiger charge is 2.15. The number of hydrogen-bond donors (Lipinski definition) is 3. The zero-order valence-corrected chi connectivity index (χ0v) is 16.3. The Kier molecular flexibility index (Phi) is 5.96. The minimum Gasteiger partial charge on any atom is -0.354 e. The Bertz CT molecular complexity index is 1030. The Morgan fingerprint density at radius 2 is 1.54 bits per heavy atom. The highest BCUT2D eigenvalue weighted by atomic mass is 35.5. The van der Waals surface area contributed by atoms with E-state index in [1.54, 1.807) is 37.4 Å². The zero-order valence-electron chi connectivity index (χ0n) is 15.5. The minimum absolute atomic E-state index is 0.115. The molecule has 28 heavy (non-hydrogen) atoms. The first kappa shape index (κ1) is 19.5. The van der Waals surface area contributed by atoms with Gasteiger partial charge in [0.2, 0.25) is 0 Å². The standard InChI is InChI=1S/C22H20ClN3O2/c1-14-7-3-4-8-16(14)21(27)17-12-11-15(13-18(17)23)25-19-9-5-6-10-20(19)26-22(28)24-2/h3-13,25H,1-2H3,(H2,24,26,28). The maximum absolute atomic E-state index is 12.8. The van der Waals surface area contributed by atoms with Gasteiger partial charge in [0.15, 0.2) is 5.78 Å². The molecule has 0 saturated heterocycles. The van der Waals surface area contributed by atoms with Gasteiger partial charge in [-0.15, -0.1) is 0 Å². The van der Waals surface area contributed by atoms with Crippen molar-refractivity contribution in [2.75, 3.05) is 17.7 Å². The monoisotopic (exact) mass is 393 g/mol. The van der Waals surface area contributed by atoms with Crippen molar-refractivity contribution in [1.82, 2.24) is 5.32 Å². The van der Waals surface area contributed by atoms with Crippen LogP contribution in [0.5, 0.6) is 0 Å². The van der Waals surface area contributed by atoms with E-state index in [1.807, 2.05) is 43.3 Å². The van der Waals surface area contributed by atoms with Crippen LogP contribution in [-0.2, 0) is 0 Å². The molecule has 0 spiro atoms. The van der Waals surface area contributed by atoms with E-state index in [-0.39, 0.29) is 11.8 Å². The van der Waals surface area contributed by atoms with Crippen molar-refractivity contribution < 1.29 is 9.59 Å². The molecular formula is C22H20ClN3O2. The molecule has 0 bridgehead atoms. The molecule has 0 atom stereocenters. The van der Waals surface area contributed by atoms with Gasteiger partial charge in [0.05, 0.1) is 16.4 Å². The van der Waals surface area contributed by atoms with E-state index in [2.05, 4.69) is 16.0 Å². The van der Waals surface area contributed by atoms with Gasteiger partial charge in [-0.25, -0.2) is 4.79 Å². The summed E-state index contributed by atoms with van der Waals surface area (Å²) in [5, 5.41) is 8.85. The van der Waals surface area contributed by atoms with Crippen LogP contribution >= 0.6 is 11.6 Å². The topological polar surface area (TPSA) is 70.2 Å². The third-order valence-corrected chi connectivity index (χ3v) is 4.60. The molecule has 3 rings (SSSR count). The van der Waals surface area contributed by atoms with Crippen molar-refractivity contribution in [3.8, 4) is 0 Å². The number of carbonyl (C=O) groups is 2. The van der Waals surface area contributed by atoms with E-state index in [0.29, 0.717) is 33.2 Å². The quantitative estimate of drug-likeness (QED) is 0.510. The number of benzene rings is 3. The number of urea groups is 1. The summed E-state index contributed by atoms with van der Waals surface area (Å²) < 4.78 is 0. The van der Waals surface area contributed by atoms with E-state index in [0.717, 1.165) is 5.56 Å². The van der Waals surface area contributed by atoms with Crippen molar-refractivity contribution in [2.24, 2.45) is 0 Å². The van der Waals surface area contributed by atoms with Gasteiger partial charge in [0.25, 0.3) is 0 Å². The molecule has 0 aliphatic rings. The first-order valence-electron chi connectivity index (χ1n) is 8.74. The van der Waals surface area contributed by atoms with Gasteiger partial charge >= 0.3 is 6.03 Å². The number of halogens is 1. The summed E-state index contributed by atoms with van der Waals surface area (Å²) >= 11 is 6.40. The van der Waals surface area contributed by atoms with Crippen LogP contribution in [-0.4, -0.2) is 18.9 Å². The van der Waals surface area contributed by atoms with Crippen molar-refractivity contribution in [2.45, 2.75) is 6.92 Å². The van der Waals surface area contributed by atoms with Gasteiger partial charge in [-0.2, -0.15) is 0 Å². The van der Waals surface area contributed by atoms with Gasteiger partial charge in [-0.3, -0.25) is 4.79 Å². The average molecular weight is 394 g/mol. The molecule has 2 amide bonds. The number of anilines is 3. The van der Waals surface area contributed by atoms with E-state index in [9.17, 15) is 9.59 Å². The Balaban J connectivity index is 1.85. The fraction of sp³-hybridized carbons (Fsp3) is 0.0909. The lowest BCUT2D eigenvalue weighted by molar-refractivity contribution is 0.103. The lowest BCUT2D eigenvalue weighted by Crippen LogP contribution is -2.24. The molecule has 0 saturated carbocycles. The van der Waals surface area contributed by atoms with Gasteiger partial charge in [0.1, 0.15) is 0 Å². The van der Waals surface area contributed by atoms with Crippen molar-refractivity contribution in [1.29, 1.82) is 0 Å². The Labute approximate surface area is 168 Å². The number of hydrogen-bond acceptors (Lipinski definition) is 3. The lowest BCUT2D eigenvalue weighted by atomic mass is 9.99. The molecule has 0 aromatic heterocycles. The average Bonchev–Trinajstić information content (AvgIpc) is 2.69. The second-order valence-electron chi connectivity index (χ2n) is 6.21. The van der Waals surface area contributed by atoms with Crippen molar-refractivity contribution >= 4 is 40.5 Å². The van der Waals surface area contributed by atoms with Gasteiger partial charge in [0, 0.05) is 23.9 Å². The molecular weight excluding hydrogens is 374 g/mol. The molecule has 0 unspecified atom stereocenters. The molecule has 5 nitrogen and oxygen atoms in total. The van der Waals surface area contributed by atoms with Crippen LogP contribution in [0.4, 0.5) is 21.9 Å². The molecule has 142 valence electrons. The number of para-hydroxylation sites is 2. The summed E-state index contributed by atoms with van der Waals surface area (Å²) in [5.41, 5.74) is 4.01. The molecule has 6 heteroatoms. The first-order chi connectivity index (χ1) is 13.5. The van der Waals surface area contributed by atoms with E-state index in [4.69, 9.17) is 11.6 Å². The third-order valence-electron chi connectivity index (χ3n) is 4.28. The van der Waals surface area contributed by atoms with E-state index in [1.165, 1.54) is 0 Å². The van der Waals surface area contributed by atoms with Crippen molar-refractivity contribution in [3.63, 3.8) is 0 Å². The van der Waals surface area contributed by atoms with Gasteiger partial charge in [-0.1, -0.05) is 48.0 Å². The van der Waals surface area contributed by atoms with E-state index >= 15 is 0 Å². The van der Waals surface area contributed by atoms with Gasteiger partial charge in [-0.05, 0) is 42.8 Å². The number of nitrogens with one attached hydrogen (secondary N) is 3. The molecule has 0 radical (unpaired) electrons. The minimum atomic E-state index is -0.313. The Morgan fingerprint density at radius 1 is 0.857 bits per heavy atom. The highest BCUT2D eigenvalue weighted by Crippen LogP contribution is 2.29. The van der Waals surface area contributed by atoms with Gasteiger partial charge < -0.3 is 16.0 Å². The van der Waals surface area contributed by atoms with Crippen LogP contribution in [0, 0.1) is 6.92 Å². The van der Waals surface area contributed by atoms with Crippen LogP contribution < -0.4 is 16.0 Å². The highest BCUT2D eigenvalue weighted by molar-refractivity contribution is 6.35. The maximum atomic E-state index is 12.8. The van der Waals surface area contributed by atoms with Crippen LogP contribution in [0.25, 0.3) is 0 Å². The SMILES string of the molecule is CNC(=O)Nc1ccccc1Nc1ccc(C(=O)c2ccccc2C)c(Cl)c1. The number of rotatable bonds is 5. The normalized spacial score (nSPS) is 10.2. The fourth-order valence-corrected chi connectivity index (χ4v) is 3.06. The maximum Gasteiger partial charge on any atom is 0.319 e. The molecule has 3 N–H and O–H groups in total. The summed E-state index contributed by atoms with van der Waals surface area (Å²) in [6, 6.07) is 19.6. The van der Waals surface area contributed by atoms with Crippen LogP contribution in [0.1, 0.15) is 21.5 Å². The van der Waals surface area contributed by atoms with Crippen molar-refractivity contribution in [3.05, 3.63) is 88.4 Å². The van der Waals surface area contributed by atoms with Crippen LogP contribution in [0.2, 0.25) is 5.02 Å². The summed E-state index contributed by atoms with van der Waals surface area (Å²) in [7, 11) is 1.55. The summed E-state index contributed by atoms with van der Waals surface area (Å²) in [6.07, 6.45) is 0. The second-order valence-corrected chi connectivity index (χ2v) is 6.62. The number of ketones is 1. The largest absolute Gasteiger partial charge is 0.354 e. The predicted molar refractivity (Wildman–Crippen MR) is 114 cm³/mol. The Hall–Kier alpha value is -3.31. The number of aryl methyl sites for hydroxylation is 1. The third kappa shape index (κ3) is 4.32. The van der Waals surface area contributed by atoms with E-state index < -0.39 is 0 Å². The summed E-state index contributed by atoms with van der Waals surface area (Å²) in [4.78, 5) is 24.4. The molecule has 3 aromatic rings. The second kappa shape index (κ2) is 8.59. The number of amides is 2. The molecule has 0 aliphatic carbocycles. The smallest absolute Gasteiger partial charge is 0.319 e. The summed E-state index contributed by atoms with van der Waals surface area (Å²) in [6.45, 7) is 1.90. The molecule has 0 fully saturated rings. The number of carbonyl (C=O) groups excluding carboxylic acids is 2. The molecule has 0 heterocycles. The Morgan fingerprint density at radius 3 is 2.21 bits per heavy atom. The zero-order chi connectivity index (χ0) is 20.1. The predicted octanol–water partition coefficient (Wildman–Crippen LogP) is 5.37. The first-order valence-corrected chi connectivity index (χ1v) is 9.12. The fourth-order valence-electron chi connectivity index (χ4n) is 2.79.